The van der Waals surface area contributed by atoms with Gasteiger partial charge >= 0.3 is 53.7 Å². The number of aliphatic hydroxyl groups is 1. The number of unbranched alkanes of at least 4 members (excludes halogenated alkanes) is 9. The third-order valence-electron chi connectivity index (χ3n) is 14.2. The van der Waals surface area contributed by atoms with E-state index in [4.69, 9.17) is 71.1 Å². The molecule has 3 aliphatic heterocycles. The molecule has 0 unspecified atom stereocenters. The van der Waals surface area contributed by atoms with E-state index in [-0.39, 0.29) is 23.3 Å². The van der Waals surface area contributed by atoms with Crippen molar-refractivity contribution in [2.75, 3.05) is 26.4 Å². The molecular weight excluding hydrogens is 1160 g/mol. The summed E-state index contributed by atoms with van der Waals surface area (Å²) in [5.74, 6) is -8.44. The quantitative estimate of drug-likeness (QED) is 0.0414. The van der Waals surface area contributed by atoms with E-state index in [0.717, 1.165) is 86.5 Å². The molecule has 0 aromatic heterocycles. The van der Waals surface area contributed by atoms with Crippen molar-refractivity contribution in [3.05, 3.63) is 108 Å². The van der Waals surface area contributed by atoms with Gasteiger partial charge in [0, 0.05) is 48.1 Å². The lowest BCUT2D eigenvalue weighted by Crippen LogP contribution is -2.69. The fourth-order valence-electron chi connectivity index (χ4n) is 10.1. The summed E-state index contributed by atoms with van der Waals surface area (Å²) in [5, 5.41) is 11.9. The Bertz CT molecular complexity index is 2730. The van der Waals surface area contributed by atoms with Crippen molar-refractivity contribution in [1.29, 1.82) is 0 Å². The fourth-order valence-corrected chi connectivity index (χ4v) is 10.1. The van der Waals surface area contributed by atoms with E-state index < -0.39 is 166 Å². The predicted octanol–water partition coefficient (Wildman–Crippen LogP) is 6.39. The highest BCUT2D eigenvalue weighted by molar-refractivity contribution is 5.90. The maximum Gasteiger partial charge on any atom is 0.338 e. The molecule has 3 fully saturated rings. The highest BCUT2D eigenvalue weighted by atomic mass is 16.8. The molecule has 0 amide bonds. The van der Waals surface area contributed by atoms with Gasteiger partial charge in [0.15, 0.2) is 55.5 Å². The topological polar surface area (TPSA) is 312 Å². The minimum absolute atomic E-state index is 0.00616. The first kappa shape index (κ1) is 69.7. The number of benzene rings is 3. The summed E-state index contributed by atoms with van der Waals surface area (Å²) in [6.07, 6.45) is -17.7. The van der Waals surface area contributed by atoms with Crippen LogP contribution in [0.5, 0.6) is 0 Å². The summed E-state index contributed by atoms with van der Waals surface area (Å²) in [7, 11) is 0. The summed E-state index contributed by atoms with van der Waals surface area (Å²) in [4.78, 5) is 120. The van der Waals surface area contributed by atoms with Gasteiger partial charge in [-0.1, -0.05) is 119 Å². The summed E-state index contributed by atoms with van der Waals surface area (Å²) >= 11 is 0. The second kappa shape index (κ2) is 35.6. The minimum atomic E-state index is -2.11. The molecule has 6 rings (SSSR count). The molecule has 0 bridgehead atoms. The van der Waals surface area contributed by atoms with Crippen LogP contribution in [-0.2, 0) is 99.8 Å². The molecule has 0 spiro atoms. The van der Waals surface area contributed by atoms with E-state index in [2.05, 4.69) is 6.92 Å². The van der Waals surface area contributed by atoms with Crippen LogP contribution in [0.25, 0.3) is 0 Å². The summed E-state index contributed by atoms with van der Waals surface area (Å²) in [5.41, 5.74) is 0.200. The fraction of sp³-hybridized carbons (Fsp3) is 0.571. The molecule has 3 aliphatic rings. The Hall–Kier alpha value is -7.39. The molecule has 3 saturated heterocycles. The van der Waals surface area contributed by atoms with Gasteiger partial charge in [-0.15, -0.1) is 0 Å². The molecule has 482 valence electrons. The van der Waals surface area contributed by atoms with Crippen LogP contribution in [0.4, 0.5) is 0 Å². The molecular formula is C63H80O25. The summed E-state index contributed by atoms with van der Waals surface area (Å²) in [6, 6.07) is 23.4. The number of carbonyl (C=O) groups is 9. The van der Waals surface area contributed by atoms with Crippen LogP contribution in [-0.4, -0.2) is 177 Å². The van der Waals surface area contributed by atoms with Crippen molar-refractivity contribution in [1.82, 2.24) is 0 Å². The van der Waals surface area contributed by atoms with Gasteiger partial charge in [0.05, 0.1) is 16.7 Å². The maximum absolute atomic E-state index is 14.5. The molecule has 88 heavy (non-hydrogen) atoms. The smallest absolute Gasteiger partial charge is 0.338 e. The van der Waals surface area contributed by atoms with E-state index in [9.17, 15) is 48.3 Å². The van der Waals surface area contributed by atoms with Crippen LogP contribution in [0.2, 0.25) is 0 Å². The first-order valence-corrected chi connectivity index (χ1v) is 29.5. The second-order valence-corrected chi connectivity index (χ2v) is 21.2. The lowest BCUT2D eigenvalue weighted by molar-refractivity contribution is -0.380. The Morgan fingerprint density at radius 3 is 1.16 bits per heavy atom. The number of ether oxygens (including phenoxy) is 15. The molecule has 3 aromatic carbocycles. The number of carbonyl (C=O) groups excluding carboxylic acids is 9. The Labute approximate surface area is 510 Å². The van der Waals surface area contributed by atoms with Crippen molar-refractivity contribution < 1.29 is 119 Å². The third-order valence-corrected chi connectivity index (χ3v) is 14.2. The van der Waals surface area contributed by atoms with E-state index >= 15 is 0 Å². The van der Waals surface area contributed by atoms with E-state index in [1.54, 1.807) is 54.6 Å². The molecule has 0 radical (unpaired) electrons. The molecule has 25 heteroatoms. The first-order chi connectivity index (χ1) is 42.2. The molecule has 1 N–H and O–H groups in total. The zero-order chi connectivity index (χ0) is 63.7. The van der Waals surface area contributed by atoms with Gasteiger partial charge in [0.2, 0.25) is 0 Å². The predicted molar refractivity (Wildman–Crippen MR) is 303 cm³/mol. The number of esters is 9. The molecule has 0 aliphatic carbocycles. The summed E-state index contributed by atoms with van der Waals surface area (Å²) < 4.78 is 91.3. The van der Waals surface area contributed by atoms with Crippen molar-refractivity contribution in [3.8, 4) is 0 Å². The van der Waals surface area contributed by atoms with Gasteiger partial charge in [-0.05, 0) is 42.8 Å². The van der Waals surface area contributed by atoms with Crippen LogP contribution in [0, 0.1) is 0 Å². The maximum atomic E-state index is 14.5. The average Bonchev–Trinajstić information content (AvgIpc) is 2.45. The van der Waals surface area contributed by atoms with Crippen molar-refractivity contribution >= 4 is 53.7 Å². The monoisotopic (exact) mass is 1240 g/mol. The van der Waals surface area contributed by atoms with Gasteiger partial charge in [-0.2, -0.15) is 0 Å². The number of rotatable bonds is 31. The van der Waals surface area contributed by atoms with Crippen LogP contribution >= 0.6 is 0 Å². The highest BCUT2D eigenvalue weighted by Gasteiger charge is 2.60. The Kier molecular flexibility index (Phi) is 28.2. The Morgan fingerprint density at radius 1 is 0.364 bits per heavy atom. The Balaban J connectivity index is 1.51. The molecule has 3 aromatic rings. The molecule has 0 saturated carbocycles. The third kappa shape index (κ3) is 21.4. The van der Waals surface area contributed by atoms with E-state index in [1.807, 2.05) is 0 Å². The minimum Gasteiger partial charge on any atom is -0.463 e. The SMILES string of the molecule is CCCCCCCCCCCCO[C@@H]1O[C@H](COC(=O)c2ccccc2)[C@@H](OC(=O)c2ccccc2)[C@H](O[C@H]2O[C@H](COC(C)=O)[C@@H](OC(C)=O)[C@H](O[C@@H]3O[C@H](COC(C)=O)[C@@H](OC(C)=O)[C@H](O)[C@H]3OC(C)=O)[C@H]2OC(C)=O)[C@H]1OC(=O)c1ccccc1. The molecule has 3 heterocycles. The molecule has 25 nitrogen and oxygen atoms in total. The van der Waals surface area contributed by atoms with E-state index in [0.29, 0.717) is 6.42 Å². The van der Waals surface area contributed by atoms with Crippen LogP contribution in [0.15, 0.2) is 91.0 Å². The highest BCUT2D eigenvalue weighted by Crippen LogP contribution is 2.39. The van der Waals surface area contributed by atoms with Gasteiger partial charge < -0.3 is 76.2 Å². The first-order valence-electron chi connectivity index (χ1n) is 29.5. The largest absolute Gasteiger partial charge is 0.463 e. The number of hydrogen-bond donors (Lipinski definition) is 1. The van der Waals surface area contributed by atoms with E-state index in [1.165, 1.54) is 49.2 Å². The van der Waals surface area contributed by atoms with Gasteiger partial charge in [-0.3, -0.25) is 28.8 Å². The zero-order valence-electron chi connectivity index (χ0n) is 50.5. The lowest BCUT2D eigenvalue weighted by Gasteiger charge is -2.50. The van der Waals surface area contributed by atoms with Gasteiger partial charge in [0.25, 0.3) is 0 Å². The van der Waals surface area contributed by atoms with Gasteiger partial charge in [0.1, 0.15) is 56.4 Å². The standard InChI is InChI=1S/C63H80O25/c1-8-9-10-11-12-13-14-15-16-26-33-74-61-56(86-60(73)45-31-24-19-25-32-45)55(52(85-59(72)44-29-22-18-23-30-44)48(82-61)36-77-58(71)43-27-20-17-21-28-43)88-63-57(81-42(7)69)54(51(79-40(5)67)47(84-63)35-76-38(3)65)87-62-53(80-41(6)68)49(70)50(78-39(4)66)46(83-62)34-75-37(2)64/h17-25,27-32,46-57,61-63,70H,8-16,26,33-36H2,1-7H3/t46-,47-,48-,49+,50-,51-,52-,53-,54+,55+,56-,57-,61-,62+,63-/m1/s1. The molecule has 15 atom stereocenters. The van der Waals surface area contributed by atoms with Crippen molar-refractivity contribution in [2.45, 2.75) is 205 Å². The average molecular weight is 1240 g/mol. The lowest BCUT2D eigenvalue weighted by atomic mass is 9.95. The van der Waals surface area contributed by atoms with Crippen molar-refractivity contribution in [3.63, 3.8) is 0 Å². The zero-order valence-corrected chi connectivity index (χ0v) is 50.5. The number of hydrogen-bond acceptors (Lipinski definition) is 25. The van der Waals surface area contributed by atoms with Crippen molar-refractivity contribution in [2.24, 2.45) is 0 Å². The normalized spacial score (nSPS) is 26.7. The van der Waals surface area contributed by atoms with Crippen LogP contribution < -0.4 is 0 Å². The van der Waals surface area contributed by atoms with Crippen LogP contribution in [0.1, 0.15) is 144 Å². The Morgan fingerprint density at radius 2 is 0.705 bits per heavy atom. The summed E-state index contributed by atoms with van der Waals surface area (Å²) in [6.45, 7) is 6.17. The number of aliphatic hydroxyl groups excluding tert-OH is 1. The second-order valence-electron chi connectivity index (χ2n) is 21.2. The van der Waals surface area contributed by atoms with Gasteiger partial charge in [-0.25, -0.2) is 14.4 Å². The van der Waals surface area contributed by atoms with Crippen LogP contribution in [0.3, 0.4) is 0 Å².